The van der Waals surface area contributed by atoms with Gasteiger partial charge in [-0.2, -0.15) is 0 Å². The fourth-order valence-corrected chi connectivity index (χ4v) is 5.10. The van der Waals surface area contributed by atoms with Gasteiger partial charge in [0.25, 0.3) is 0 Å². The van der Waals surface area contributed by atoms with Crippen molar-refractivity contribution in [3.05, 3.63) is 65.9 Å². The van der Waals surface area contributed by atoms with Crippen molar-refractivity contribution in [2.75, 3.05) is 0 Å². The molecule has 9 heteroatoms. The van der Waals surface area contributed by atoms with Crippen LogP contribution in [0.25, 0.3) is 11.0 Å². The van der Waals surface area contributed by atoms with Gasteiger partial charge in [0, 0.05) is 0 Å². The number of hydrogen-bond donors (Lipinski definition) is 3. The van der Waals surface area contributed by atoms with E-state index in [1.165, 1.54) is 4.35 Å². The molecule has 3 aromatic heterocycles. The summed E-state index contributed by atoms with van der Waals surface area (Å²) < 4.78 is 8.07. The van der Waals surface area contributed by atoms with Gasteiger partial charge >= 0.3 is 179 Å². The molecule has 1 amide bonds. The molecule has 3 N–H and O–H groups in total. The Kier molecular flexibility index (Phi) is 5.67. The molecule has 30 heavy (non-hydrogen) atoms. The first-order chi connectivity index (χ1) is 14.5. The van der Waals surface area contributed by atoms with E-state index in [0.29, 0.717) is 5.75 Å². The fourth-order valence-electron chi connectivity index (χ4n) is 2.91. The van der Waals surface area contributed by atoms with Gasteiger partial charge in [0.1, 0.15) is 0 Å². The van der Waals surface area contributed by atoms with Crippen LogP contribution in [-0.2, 0) is 6.54 Å². The number of H-pyrrole nitrogens is 1. The number of nitrogens with zero attached hydrogens (tertiary/aromatic N) is 3. The molecule has 0 unspecified atom stereocenters. The normalized spacial score (nSPS) is 11.3. The minimum absolute atomic E-state index is 0.195. The molecule has 0 aliphatic rings. The third-order valence-corrected chi connectivity index (χ3v) is 6.67. The maximum atomic E-state index is 10.7. The second-order valence-electron chi connectivity index (χ2n) is 6.71. The van der Waals surface area contributed by atoms with Gasteiger partial charge in [-0.05, 0) is 0 Å². The predicted molar refractivity (Wildman–Crippen MR) is 114 cm³/mol. The molecule has 151 valence electrons. The minimum atomic E-state index is -1.06. The third kappa shape index (κ3) is 4.60. The van der Waals surface area contributed by atoms with E-state index in [0.717, 1.165) is 38.2 Å². The average Bonchev–Trinajstić information content (AvgIpc) is 3.14. The number of benzene rings is 1. The van der Waals surface area contributed by atoms with Crippen LogP contribution in [0.3, 0.4) is 0 Å². The molecule has 0 bridgehead atoms. The SMILES string of the molecule is Cc1ccc(Oc2ccc([As]c3ncnc4cc(CNC(=O)O)[nH]c34)cc2C)cn1. The van der Waals surface area contributed by atoms with E-state index in [1.807, 2.05) is 44.2 Å². The molecule has 3 heterocycles. The summed E-state index contributed by atoms with van der Waals surface area (Å²) in [6.07, 6.45) is 2.20. The summed E-state index contributed by atoms with van der Waals surface area (Å²) in [5.41, 5.74) is 4.36. The number of ether oxygens (including phenoxy) is 1. The number of amides is 1. The van der Waals surface area contributed by atoms with Crippen molar-refractivity contribution in [3.8, 4) is 11.5 Å². The second-order valence-corrected chi connectivity index (χ2v) is 9.15. The van der Waals surface area contributed by atoms with Gasteiger partial charge in [0.2, 0.25) is 0 Å². The summed E-state index contributed by atoms with van der Waals surface area (Å²) in [7, 11) is 0. The molecule has 0 saturated carbocycles. The van der Waals surface area contributed by atoms with E-state index in [2.05, 4.69) is 31.3 Å². The molecule has 0 spiro atoms. The number of carboxylic acid groups (broad SMARTS) is 1. The standard InChI is InChI=1S/C21H19AsN5O3/c1-12-7-14(4-6-18(12)30-16-5-3-13(2)23-10-16)22-20-19-17(25-11-26-20)8-15(27-19)9-24-21(28)29/h3-8,10-11,24,27H,9H2,1-2H3,(H,28,29). The number of rotatable bonds is 6. The van der Waals surface area contributed by atoms with Crippen molar-refractivity contribution in [2.24, 2.45) is 0 Å². The summed E-state index contributed by atoms with van der Waals surface area (Å²) >= 11 is -0.391. The number of nitrogens with one attached hydrogen (secondary N) is 2. The van der Waals surface area contributed by atoms with Crippen LogP contribution in [0.5, 0.6) is 11.5 Å². The Balaban J connectivity index is 1.53. The predicted octanol–water partition coefficient (Wildman–Crippen LogP) is 2.18. The van der Waals surface area contributed by atoms with Gasteiger partial charge in [-0.15, -0.1) is 0 Å². The first-order valence-electron chi connectivity index (χ1n) is 9.20. The molecule has 4 rings (SSSR count). The summed E-state index contributed by atoms with van der Waals surface area (Å²) in [5, 5.41) is 11.1. The Morgan fingerprint density at radius 1 is 1.17 bits per heavy atom. The number of aromatic nitrogens is 4. The van der Waals surface area contributed by atoms with Gasteiger partial charge in [-0.25, -0.2) is 0 Å². The summed E-state index contributed by atoms with van der Waals surface area (Å²) in [6, 6.07) is 11.8. The van der Waals surface area contributed by atoms with Gasteiger partial charge in [-0.1, -0.05) is 0 Å². The Morgan fingerprint density at radius 3 is 2.77 bits per heavy atom. The van der Waals surface area contributed by atoms with E-state index in [-0.39, 0.29) is 6.54 Å². The molecule has 1 aromatic carbocycles. The molecule has 8 nitrogen and oxygen atoms in total. The van der Waals surface area contributed by atoms with E-state index in [9.17, 15) is 4.79 Å². The van der Waals surface area contributed by atoms with Crippen molar-refractivity contribution in [1.29, 1.82) is 0 Å². The quantitative estimate of drug-likeness (QED) is 0.377. The molecular formula is C21H19AsN5O3. The summed E-state index contributed by atoms with van der Waals surface area (Å²) in [4.78, 5) is 27.0. The number of carbonyl (C=O) groups is 1. The Labute approximate surface area is 179 Å². The van der Waals surface area contributed by atoms with Crippen molar-refractivity contribution in [3.63, 3.8) is 0 Å². The number of pyridine rings is 1. The zero-order valence-electron chi connectivity index (χ0n) is 16.4. The molecule has 4 aromatic rings. The van der Waals surface area contributed by atoms with Crippen LogP contribution in [-0.4, -0.2) is 46.9 Å². The van der Waals surface area contributed by atoms with Gasteiger partial charge in [-0.3, -0.25) is 0 Å². The first-order valence-corrected chi connectivity index (χ1v) is 11.1. The van der Waals surface area contributed by atoms with Crippen LogP contribution in [0.1, 0.15) is 17.0 Å². The van der Waals surface area contributed by atoms with E-state index < -0.39 is 21.8 Å². The zero-order valence-corrected chi connectivity index (χ0v) is 18.3. The van der Waals surface area contributed by atoms with Crippen molar-refractivity contribution in [1.82, 2.24) is 25.3 Å². The molecule has 0 aliphatic carbocycles. The molecule has 0 fully saturated rings. The van der Waals surface area contributed by atoms with Crippen LogP contribution in [0.2, 0.25) is 0 Å². The number of aryl methyl sites for hydroxylation is 2. The topological polar surface area (TPSA) is 113 Å². The van der Waals surface area contributed by atoms with E-state index in [4.69, 9.17) is 9.84 Å². The number of hydrogen-bond acceptors (Lipinski definition) is 5. The first kappa shape index (κ1) is 19.9. The van der Waals surface area contributed by atoms with Crippen LogP contribution in [0.15, 0.2) is 48.9 Å². The molecule has 0 saturated heterocycles. The third-order valence-electron chi connectivity index (χ3n) is 4.39. The number of fused-ring (bicyclic) bond motifs is 1. The van der Waals surface area contributed by atoms with Crippen LogP contribution < -0.4 is 18.9 Å². The summed E-state index contributed by atoms with van der Waals surface area (Å²) in [5.74, 6) is 1.50. The average molecular weight is 464 g/mol. The van der Waals surface area contributed by atoms with Crippen molar-refractivity contribution in [2.45, 2.75) is 20.4 Å². The van der Waals surface area contributed by atoms with E-state index in [1.54, 1.807) is 12.5 Å². The zero-order chi connectivity index (χ0) is 21.1. The fraction of sp³-hybridized carbons (Fsp3) is 0.143. The Bertz CT molecular complexity index is 1210. The Hall–Kier alpha value is -3.38. The molecule has 0 aliphatic heterocycles. The molecule has 1 radical (unpaired) electrons. The second kappa shape index (κ2) is 8.55. The number of aromatic amines is 1. The Morgan fingerprint density at radius 2 is 2.03 bits per heavy atom. The summed E-state index contributed by atoms with van der Waals surface area (Å²) in [6.45, 7) is 4.15. The van der Waals surface area contributed by atoms with Crippen molar-refractivity contribution >= 4 is 41.7 Å². The van der Waals surface area contributed by atoms with Crippen LogP contribution >= 0.6 is 0 Å². The van der Waals surface area contributed by atoms with Crippen molar-refractivity contribution < 1.29 is 14.6 Å². The van der Waals surface area contributed by atoms with Gasteiger partial charge in [0.15, 0.2) is 0 Å². The van der Waals surface area contributed by atoms with Gasteiger partial charge < -0.3 is 0 Å². The maximum absolute atomic E-state index is 10.7. The molecule has 0 atom stereocenters. The monoisotopic (exact) mass is 464 g/mol. The van der Waals surface area contributed by atoms with Crippen LogP contribution in [0.4, 0.5) is 4.79 Å². The van der Waals surface area contributed by atoms with Gasteiger partial charge in [0.05, 0.1) is 0 Å². The van der Waals surface area contributed by atoms with E-state index >= 15 is 0 Å². The molecular weight excluding hydrogens is 445 g/mol. The van der Waals surface area contributed by atoms with Crippen LogP contribution in [0, 0.1) is 13.8 Å².